The van der Waals surface area contributed by atoms with Crippen molar-refractivity contribution < 1.29 is 9.13 Å². The molecule has 5 heteroatoms. The maximum atomic E-state index is 13.4. The molecule has 0 heterocycles. The van der Waals surface area contributed by atoms with E-state index in [2.05, 4.69) is 15.9 Å². The van der Waals surface area contributed by atoms with Crippen LogP contribution in [0.4, 0.5) is 4.39 Å². The van der Waals surface area contributed by atoms with Crippen molar-refractivity contribution in [1.29, 1.82) is 0 Å². The number of hydrogen-bond acceptors (Lipinski definition) is 2. The number of halogens is 3. The van der Waals surface area contributed by atoms with E-state index in [1.165, 1.54) is 6.07 Å². The van der Waals surface area contributed by atoms with Crippen LogP contribution in [0.1, 0.15) is 24.1 Å². The molecule has 2 aromatic rings. The van der Waals surface area contributed by atoms with Gasteiger partial charge in [0, 0.05) is 22.2 Å². The fourth-order valence-corrected chi connectivity index (χ4v) is 2.38. The molecule has 0 amide bonds. The van der Waals surface area contributed by atoms with E-state index in [0.717, 1.165) is 11.1 Å². The lowest BCUT2D eigenvalue weighted by Crippen LogP contribution is -2.08. The molecule has 0 saturated heterocycles. The molecule has 0 fully saturated rings. The van der Waals surface area contributed by atoms with Gasteiger partial charge < -0.3 is 10.5 Å². The number of nitrogens with two attached hydrogens (primary N) is 1. The predicted octanol–water partition coefficient (Wildman–Crippen LogP) is 4.84. The summed E-state index contributed by atoms with van der Waals surface area (Å²) in [7, 11) is 0. The van der Waals surface area contributed by atoms with E-state index in [4.69, 9.17) is 22.1 Å². The molecule has 0 bridgehead atoms. The van der Waals surface area contributed by atoms with Crippen LogP contribution < -0.4 is 10.5 Å². The summed E-state index contributed by atoms with van der Waals surface area (Å²) in [5.41, 5.74) is 7.45. The topological polar surface area (TPSA) is 35.2 Å². The van der Waals surface area contributed by atoms with Crippen molar-refractivity contribution in [2.24, 2.45) is 5.73 Å². The van der Waals surface area contributed by atoms with Crippen LogP contribution in [0.25, 0.3) is 0 Å². The number of rotatable bonds is 4. The van der Waals surface area contributed by atoms with Crippen LogP contribution in [0.5, 0.6) is 5.75 Å². The van der Waals surface area contributed by atoms with E-state index in [1.54, 1.807) is 30.3 Å². The summed E-state index contributed by atoms with van der Waals surface area (Å²) in [6.45, 7) is 2.11. The second-order valence-electron chi connectivity index (χ2n) is 4.47. The van der Waals surface area contributed by atoms with E-state index in [0.29, 0.717) is 15.2 Å². The minimum Gasteiger partial charge on any atom is -0.489 e. The molecular weight excluding hydrogens is 345 g/mol. The molecule has 0 radical (unpaired) electrons. The first-order valence-electron chi connectivity index (χ1n) is 6.09. The quantitative estimate of drug-likeness (QED) is 0.848. The lowest BCUT2D eigenvalue weighted by molar-refractivity contribution is 0.300. The van der Waals surface area contributed by atoms with Crippen molar-refractivity contribution in [2.75, 3.05) is 0 Å². The Kier molecular flexibility index (Phi) is 5.02. The van der Waals surface area contributed by atoms with Crippen molar-refractivity contribution in [1.82, 2.24) is 0 Å². The molecule has 0 saturated carbocycles. The van der Waals surface area contributed by atoms with Gasteiger partial charge in [-0.25, -0.2) is 4.39 Å². The summed E-state index contributed by atoms with van der Waals surface area (Å²) in [5, 5.41) is 0.608. The zero-order valence-corrected chi connectivity index (χ0v) is 13.2. The summed E-state index contributed by atoms with van der Waals surface area (Å²) in [4.78, 5) is 0. The van der Waals surface area contributed by atoms with Gasteiger partial charge in [-0.15, -0.1) is 0 Å². The van der Waals surface area contributed by atoms with Gasteiger partial charge in [0.1, 0.15) is 18.2 Å². The fraction of sp³-hybridized carbons (Fsp3) is 0.200. The summed E-state index contributed by atoms with van der Waals surface area (Å²) in [6, 6.07) is 9.93. The monoisotopic (exact) mass is 357 g/mol. The van der Waals surface area contributed by atoms with Gasteiger partial charge in [-0.05, 0) is 47.1 Å². The van der Waals surface area contributed by atoms with Gasteiger partial charge in [0.25, 0.3) is 0 Å². The Morgan fingerprint density at radius 2 is 2.10 bits per heavy atom. The molecule has 20 heavy (non-hydrogen) atoms. The standard InChI is InChI=1S/C15H14BrClFNO/c1-9(19)12-7-11(17)5-6-14(12)20-8-10-3-2-4-13(18)15(10)16/h2-7,9H,8,19H2,1H3/t9-/m1/s1. The fourth-order valence-electron chi connectivity index (χ4n) is 1.82. The molecule has 1 atom stereocenters. The van der Waals surface area contributed by atoms with Crippen LogP contribution in [-0.4, -0.2) is 0 Å². The summed E-state index contributed by atoms with van der Waals surface area (Å²) in [6.07, 6.45) is 0. The zero-order valence-electron chi connectivity index (χ0n) is 10.9. The second kappa shape index (κ2) is 6.57. The van der Waals surface area contributed by atoms with Crippen LogP contribution in [0, 0.1) is 5.82 Å². The van der Waals surface area contributed by atoms with Gasteiger partial charge >= 0.3 is 0 Å². The summed E-state index contributed by atoms with van der Waals surface area (Å²) in [5.74, 6) is 0.343. The minimum atomic E-state index is -0.311. The molecule has 2 aromatic carbocycles. The van der Waals surface area contributed by atoms with Crippen LogP contribution >= 0.6 is 27.5 Å². The number of ether oxygens (including phenoxy) is 1. The normalized spacial score (nSPS) is 12.2. The predicted molar refractivity (Wildman–Crippen MR) is 82.5 cm³/mol. The third-order valence-corrected chi connectivity index (χ3v) is 4.00. The Balaban J connectivity index is 2.21. The van der Waals surface area contributed by atoms with E-state index >= 15 is 0 Å². The molecule has 2 rings (SSSR count). The van der Waals surface area contributed by atoms with Crippen molar-refractivity contribution in [2.45, 2.75) is 19.6 Å². The molecule has 0 aliphatic carbocycles. The van der Waals surface area contributed by atoms with Crippen molar-refractivity contribution >= 4 is 27.5 Å². The van der Waals surface area contributed by atoms with Crippen molar-refractivity contribution in [3.8, 4) is 5.75 Å². The van der Waals surface area contributed by atoms with Gasteiger partial charge in [0.2, 0.25) is 0 Å². The van der Waals surface area contributed by atoms with E-state index in [9.17, 15) is 4.39 Å². The summed E-state index contributed by atoms with van der Waals surface area (Å²) >= 11 is 9.17. The van der Waals surface area contributed by atoms with E-state index in [1.807, 2.05) is 6.92 Å². The average molecular weight is 359 g/mol. The smallest absolute Gasteiger partial charge is 0.137 e. The van der Waals surface area contributed by atoms with Gasteiger partial charge in [0.05, 0.1) is 4.47 Å². The van der Waals surface area contributed by atoms with Gasteiger partial charge in [-0.3, -0.25) is 0 Å². The lowest BCUT2D eigenvalue weighted by atomic mass is 10.1. The Morgan fingerprint density at radius 3 is 2.80 bits per heavy atom. The highest BCUT2D eigenvalue weighted by atomic mass is 79.9. The van der Waals surface area contributed by atoms with Crippen LogP contribution in [0.15, 0.2) is 40.9 Å². The van der Waals surface area contributed by atoms with Crippen LogP contribution in [-0.2, 0) is 6.61 Å². The van der Waals surface area contributed by atoms with Crippen molar-refractivity contribution in [3.05, 3.63) is 62.8 Å². The molecule has 0 unspecified atom stereocenters. The first kappa shape index (κ1) is 15.3. The second-order valence-corrected chi connectivity index (χ2v) is 5.70. The first-order chi connectivity index (χ1) is 9.49. The van der Waals surface area contributed by atoms with Crippen LogP contribution in [0.2, 0.25) is 5.02 Å². The molecule has 106 valence electrons. The average Bonchev–Trinajstić information content (AvgIpc) is 2.41. The minimum absolute atomic E-state index is 0.195. The maximum absolute atomic E-state index is 13.4. The van der Waals surface area contributed by atoms with Crippen LogP contribution in [0.3, 0.4) is 0 Å². The number of hydrogen-bond donors (Lipinski definition) is 1. The highest BCUT2D eigenvalue weighted by molar-refractivity contribution is 9.10. The molecular formula is C15H14BrClFNO. The zero-order chi connectivity index (χ0) is 14.7. The Labute approximate surface area is 130 Å². The molecule has 0 aliphatic rings. The highest BCUT2D eigenvalue weighted by Gasteiger charge is 2.11. The molecule has 0 aromatic heterocycles. The lowest BCUT2D eigenvalue weighted by Gasteiger charge is -2.15. The maximum Gasteiger partial charge on any atom is 0.137 e. The Hall–Kier alpha value is -1.10. The molecule has 0 aliphatic heterocycles. The number of benzene rings is 2. The van der Waals surface area contributed by atoms with E-state index < -0.39 is 0 Å². The first-order valence-corrected chi connectivity index (χ1v) is 7.27. The van der Waals surface area contributed by atoms with Gasteiger partial charge in [0.15, 0.2) is 0 Å². The third-order valence-electron chi connectivity index (χ3n) is 2.88. The Morgan fingerprint density at radius 1 is 1.35 bits per heavy atom. The largest absolute Gasteiger partial charge is 0.489 e. The Bertz CT molecular complexity index is 619. The van der Waals surface area contributed by atoms with E-state index in [-0.39, 0.29) is 18.5 Å². The molecule has 2 nitrogen and oxygen atoms in total. The molecule has 2 N–H and O–H groups in total. The SMILES string of the molecule is C[C@@H](N)c1cc(Cl)ccc1OCc1cccc(F)c1Br. The van der Waals surface area contributed by atoms with Crippen molar-refractivity contribution in [3.63, 3.8) is 0 Å². The molecule has 0 spiro atoms. The van der Waals surface area contributed by atoms with Gasteiger partial charge in [-0.1, -0.05) is 23.7 Å². The highest BCUT2D eigenvalue weighted by Crippen LogP contribution is 2.29. The third kappa shape index (κ3) is 3.51. The van der Waals surface area contributed by atoms with Gasteiger partial charge in [-0.2, -0.15) is 0 Å². The summed E-state index contributed by atoms with van der Waals surface area (Å²) < 4.78 is 19.6.